The Hall–Kier alpha value is -2.05. The van der Waals surface area contributed by atoms with Crippen LogP contribution in [0.3, 0.4) is 0 Å². The summed E-state index contributed by atoms with van der Waals surface area (Å²) in [6.07, 6.45) is 11.7. The van der Waals surface area contributed by atoms with Crippen molar-refractivity contribution in [2.45, 2.75) is 43.0 Å². The van der Waals surface area contributed by atoms with Crippen LogP contribution in [0.4, 0.5) is 0 Å². The van der Waals surface area contributed by atoms with E-state index in [-0.39, 0.29) is 29.7 Å². The van der Waals surface area contributed by atoms with Crippen LogP contribution in [-0.2, 0) is 9.59 Å². The van der Waals surface area contributed by atoms with Gasteiger partial charge in [-0.1, -0.05) is 43.2 Å². The van der Waals surface area contributed by atoms with Crippen molar-refractivity contribution in [1.29, 1.82) is 0 Å². The minimum absolute atomic E-state index is 0.0591. The summed E-state index contributed by atoms with van der Waals surface area (Å²) < 4.78 is 0. The lowest BCUT2D eigenvalue weighted by Crippen LogP contribution is -2.40. The molecule has 7 rings (SSSR count). The fourth-order valence-electron chi connectivity index (χ4n) is 6.54. The molecule has 2 amide bonds. The molecule has 2 heterocycles. The van der Waals surface area contributed by atoms with E-state index in [1.165, 1.54) is 16.7 Å². The van der Waals surface area contributed by atoms with Crippen molar-refractivity contribution in [1.82, 2.24) is 9.88 Å². The van der Waals surface area contributed by atoms with Crippen molar-refractivity contribution in [2.24, 2.45) is 41.2 Å². The van der Waals surface area contributed by atoms with E-state index in [0.29, 0.717) is 30.2 Å². The predicted octanol–water partition coefficient (Wildman–Crippen LogP) is 4.20. The molecule has 1 saturated heterocycles. The number of fused-ring (bicyclic) bond motifs is 1. The molecule has 1 aromatic carbocycles. The summed E-state index contributed by atoms with van der Waals surface area (Å²) in [6, 6.07) is 8.49. The Balaban J connectivity index is 0.940. The standard InChI is InChI=1S/C26H31N3O2S/c27-15(14-32-22-13-28-21-8-4-3-7-18(21)22)6-2-1-5-11-29-25(30)23-16-9-10-17(20-12-19(16)20)24(23)26(29)31/h3-4,7-10,13,15-17,19-20,23-24,28H,1-2,5-6,11-12,14,27H2. The first kappa shape index (κ1) is 20.5. The number of amides is 2. The van der Waals surface area contributed by atoms with Crippen LogP contribution in [0.2, 0.25) is 0 Å². The number of likely N-dealkylation sites (tertiary alicyclic amines) is 1. The Labute approximate surface area is 193 Å². The number of hydrogen-bond donors (Lipinski definition) is 2. The molecule has 5 nitrogen and oxygen atoms in total. The lowest BCUT2D eigenvalue weighted by Gasteiger charge is -2.37. The van der Waals surface area contributed by atoms with Crippen molar-refractivity contribution in [3.8, 4) is 0 Å². The molecule has 32 heavy (non-hydrogen) atoms. The van der Waals surface area contributed by atoms with Gasteiger partial charge in [0.2, 0.25) is 11.8 Å². The molecule has 3 N–H and O–H groups in total. The average Bonchev–Trinajstić information content (AvgIpc) is 3.48. The molecule has 7 unspecified atom stereocenters. The fourth-order valence-corrected chi connectivity index (χ4v) is 7.57. The molecule has 2 saturated carbocycles. The first-order chi connectivity index (χ1) is 15.6. The summed E-state index contributed by atoms with van der Waals surface area (Å²) in [7, 11) is 0. The molecule has 0 spiro atoms. The van der Waals surface area contributed by atoms with Gasteiger partial charge >= 0.3 is 0 Å². The van der Waals surface area contributed by atoms with Gasteiger partial charge in [0.25, 0.3) is 0 Å². The summed E-state index contributed by atoms with van der Waals surface area (Å²) in [4.78, 5) is 32.2. The smallest absolute Gasteiger partial charge is 0.233 e. The Bertz CT molecular complexity index is 1040. The molecule has 3 fully saturated rings. The van der Waals surface area contributed by atoms with Crippen molar-refractivity contribution >= 4 is 34.5 Å². The number of rotatable bonds is 9. The van der Waals surface area contributed by atoms with Crippen LogP contribution in [0.25, 0.3) is 10.9 Å². The number of nitrogens with one attached hydrogen (secondary N) is 1. The van der Waals surface area contributed by atoms with Crippen molar-refractivity contribution < 1.29 is 9.59 Å². The van der Waals surface area contributed by atoms with Crippen molar-refractivity contribution in [3.63, 3.8) is 0 Å². The first-order valence-electron chi connectivity index (χ1n) is 12.1. The summed E-state index contributed by atoms with van der Waals surface area (Å²) in [5, 5.41) is 1.26. The molecule has 1 aromatic heterocycles. The van der Waals surface area contributed by atoms with Gasteiger partial charge in [0.1, 0.15) is 0 Å². The minimum atomic E-state index is -0.0591. The molecule has 1 aliphatic heterocycles. The number of hydrogen-bond acceptors (Lipinski definition) is 4. The first-order valence-corrected chi connectivity index (χ1v) is 13.1. The van der Waals surface area contributed by atoms with E-state index in [0.717, 1.165) is 37.0 Å². The van der Waals surface area contributed by atoms with Gasteiger partial charge in [-0.05, 0) is 49.0 Å². The maximum absolute atomic E-state index is 13.0. The summed E-state index contributed by atoms with van der Waals surface area (Å²) in [5.74, 6) is 2.98. The lowest BCUT2D eigenvalue weighted by atomic mass is 9.63. The highest BCUT2D eigenvalue weighted by molar-refractivity contribution is 7.99. The maximum atomic E-state index is 13.0. The highest BCUT2D eigenvalue weighted by Gasteiger charge is 2.66. The van der Waals surface area contributed by atoms with Gasteiger partial charge in [-0.15, -0.1) is 11.8 Å². The zero-order chi connectivity index (χ0) is 21.8. The molecule has 0 radical (unpaired) electrons. The minimum Gasteiger partial charge on any atom is -0.360 e. The second kappa shape index (κ2) is 8.07. The predicted molar refractivity (Wildman–Crippen MR) is 127 cm³/mol. The average molecular weight is 450 g/mol. The Morgan fingerprint density at radius 2 is 1.75 bits per heavy atom. The van der Waals surface area contributed by atoms with E-state index in [2.05, 4.69) is 41.5 Å². The fraction of sp³-hybridized carbons (Fsp3) is 0.538. The second-order valence-electron chi connectivity index (χ2n) is 10.1. The number of allylic oxidation sites excluding steroid dienone is 2. The van der Waals surface area contributed by atoms with Gasteiger partial charge in [0.15, 0.2) is 0 Å². The van der Waals surface area contributed by atoms with Gasteiger partial charge in [-0.25, -0.2) is 0 Å². The number of para-hydroxylation sites is 1. The molecule has 7 atom stereocenters. The molecule has 2 bridgehead atoms. The number of aromatic nitrogens is 1. The zero-order valence-corrected chi connectivity index (χ0v) is 19.1. The summed E-state index contributed by atoms with van der Waals surface area (Å²) in [5.41, 5.74) is 7.52. The maximum Gasteiger partial charge on any atom is 0.233 e. The number of carbonyl (C=O) groups excluding carboxylic acids is 2. The number of unbranched alkanes of at least 4 members (excludes halogenated alkanes) is 2. The number of nitrogens with zero attached hydrogens (tertiary/aromatic N) is 1. The van der Waals surface area contributed by atoms with Gasteiger partial charge < -0.3 is 10.7 Å². The van der Waals surface area contributed by atoms with Crippen LogP contribution in [-0.4, -0.2) is 40.0 Å². The quantitative estimate of drug-likeness (QED) is 0.260. The second-order valence-corrected chi connectivity index (χ2v) is 11.2. The summed E-state index contributed by atoms with van der Waals surface area (Å²) in [6.45, 7) is 0.582. The monoisotopic (exact) mass is 449 g/mol. The van der Waals surface area contributed by atoms with E-state index < -0.39 is 0 Å². The third-order valence-corrected chi connectivity index (χ3v) is 9.46. The van der Waals surface area contributed by atoms with Crippen LogP contribution in [0.15, 0.2) is 47.5 Å². The van der Waals surface area contributed by atoms with Gasteiger partial charge in [0, 0.05) is 40.3 Å². The SMILES string of the molecule is NC(CCCCCN1C(=O)C2C3C=CC(C4CC34)C2C1=O)CSc1c[nH]c2ccccc12. The van der Waals surface area contributed by atoms with Crippen LogP contribution < -0.4 is 5.73 Å². The molecule has 2 aromatic rings. The van der Waals surface area contributed by atoms with E-state index in [1.807, 2.05) is 17.8 Å². The molecule has 4 aliphatic carbocycles. The lowest BCUT2D eigenvalue weighted by molar-refractivity contribution is -0.140. The highest BCUT2D eigenvalue weighted by Crippen LogP contribution is 2.65. The van der Waals surface area contributed by atoms with Crippen LogP contribution in [0.1, 0.15) is 32.1 Å². The number of benzene rings is 1. The van der Waals surface area contributed by atoms with Gasteiger partial charge in [-0.3, -0.25) is 14.5 Å². The Morgan fingerprint density at radius 3 is 2.50 bits per heavy atom. The molecule has 6 heteroatoms. The highest BCUT2D eigenvalue weighted by atomic mass is 32.2. The molecule has 168 valence electrons. The van der Waals surface area contributed by atoms with E-state index >= 15 is 0 Å². The summed E-state index contributed by atoms with van der Waals surface area (Å²) >= 11 is 1.81. The van der Waals surface area contributed by atoms with Gasteiger partial charge in [0.05, 0.1) is 11.8 Å². The Kier molecular flexibility index (Phi) is 5.18. The number of aromatic amines is 1. The van der Waals surface area contributed by atoms with E-state index in [4.69, 9.17) is 5.73 Å². The molecular weight excluding hydrogens is 418 g/mol. The van der Waals surface area contributed by atoms with Gasteiger partial charge in [-0.2, -0.15) is 0 Å². The number of nitrogens with two attached hydrogens (primary N) is 1. The normalized spacial score (nSPS) is 33.1. The molecular formula is C26H31N3O2S. The van der Waals surface area contributed by atoms with Crippen LogP contribution in [0.5, 0.6) is 0 Å². The Morgan fingerprint density at radius 1 is 1.03 bits per heavy atom. The van der Waals surface area contributed by atoms with Crippen molar-refractivity contribution in [2.75, 3.05) is 12.3 Å². The largest absolute Gasteiger partial charge is 0.360 e. The van der Waals surface area contributed by atoms with Crippen molar-refractivity contribution in [3.05, 3.63) is 42.6 Å². The number of H-pyrrole nitrogens is 1. The number of thioether (sulfide) groups is 1. The third-order valence-electron chi connectivity index (χ3n) is 8.21. The van der Waals surface area contributed by atoms with E-state index in [1.54, 1.807) is 4.90 Å². The number of imide groups is 1. The third kappa shape index (κ3) is 3.34. The van der Waals surface area contributed by atoms with E-state index in [9.17, 15) is 9.59 Å². The van der Waals surface area contributed by atoms with Crippen LogP contribution in [0, 0.1) is 35.5 Å². The topological polar surface area (TPSA) is 79.2 Å². The zero-order valence-electron chi connectivity index (χ0n) is 18.3. The molecule has 5 aliphatic rings. The van der Waals surface area contributed by atoms with Crippen LogP contribution >= 0.6 is 11.8 Å². The number of carbonyl (C=O) groups is 2.